The molecule has 0 aliphatic carbocycles. The maximum atomic E-state index is 6.01. The third-order valence-corrected chi connectivity index (χ3v) is 3.61. The fourth-order valence-corrected chi connectivity index (χ4v) is 2.61. The molecule has 14 heavy (non-hydrogen) atoms. The molecule has 0 spiro atoms. The molecule has 4 atom stereocenters. The van der Waals surface area contributed by atoms with Gasteiger partial charge in [0.05, 0.1) is 24.4 Å². The Balaban J connectivity index is 1.88. The Morgan fingerprint density at radius 3 is 1.57 bits per heavy atom. The van der Waals surface area contributed by atoms with E-state index in [0.717, 1.165) is 12.8 Å². The van der Waals surface area contributed by atoms with E-state index >= 15 is 0 Å². The fourth-order valence-electron chi connectivity index (χ4n) is 2.61. The van der Waals surface area contributed by atoms with Crippen molar-refractivity contribution < 1.29 is 9.47 Å². The SMILES string of the molecule is CC[C@@H]1CCC2O[C@@H](CC)CCC2O1. The second-order valence-corrected chi connectivity index (χ2v) is 4.56. The van der Waals surface area contributed by atoms with Crippen LogP contribution < -0.4 is 0 Å². The molecule has 2 aliphatic rings. The first-order valence-electron chi connectivity index (χ1n) is 6.14. The lowest BCUT2D eigenvalue weighted by atomic mass is 9.92. The first kappa shape index (κ1) is 10.4. The summed E-state index contributed by atoms with van der Waals surface area (Å²) in [5.74, 6) is 0. The molecular weight excluding hydrogens is 176 g/mol. The lowest BCUT2D eigenvalue weighted by Gasteiger charge is -2.42. The van der Waals surface area contributed by atoms with Crippen molar-refractivity contribution in [3.63, 3.8) is 0 Å². The highest BCUT2D eigenvalue weighted by molar-refractivity contribution is 4.84. The van der Waals surface area contributed by atoms with Gasteiger partial charge in [-0.1, -0.05) is 13.8 Å². The van der Waals surface area contributed by atoms with Crippen molar-refractivity contribution in [3.8, 4) is 0 Å². The van der Waals surface area contributed by atoms with Crippen LogP contribution >= 0.6 is 0 Å². The van der Waals surface area contributed by atoms with Gasteiger partial charge in [0.25, 0.3) is 0 Å². The average Bonchev–Trinajstić information content (AvgIpc) is 2.27. The van der Waals surface area contributed by atoms with Crippen LogP contribution in [0.1, 0.15) is 52.4 Å². The van der Waals surface area contributed by atoms with E-state index < -0.39 is 0 Å². The number of hydrogen-bond donors (Lipinski definition) is 0. The van der Waals surface area contributed by atoms with Crippen LogP contribution in [0.15, 0.2) is 0 Å². The Hall–Kier alpha value is -0.0800. The van der Waals surface area contributed by atoms with Gasteiger partial charge in [0, 0.05) is 0 Å². The number of fused-ring (bicyclic) bond motifs is 1. The maximum absolute atomic E-state index is 6.01. The van der Waals surface area contributed by atoms with E-state index in [1.807, 2.05) is 0 Å². The summed E-state index contributed by atoms with van der Waals surface area (Å²) >= 11 is 0. The van der Waals surface area contributed by atoms with Crippen LogP contribution in [-0.4, -0.2) is 24.4 Å². The zero-order valence-corrected chi connectivity index (χ0v) is 9.37. The molecule has 0 radical (unpaired) electrons. The van der Waals surface area contributed by atoms with E-state index in [1.54, 1.807) is 0 Å². The van der Waals surface area contributed by atoms with Crippen molar-refractivity contribution >= 4 is 0 Å². The Labute approximate surface area is 87.0 Å². The minimum Gasteiger partial charge on any atom is -0.372 e. The summed E-state index contributed by atoms with van der Waals surface area (Å²) in [6.45, 7) is 4.42. The third-order valence-electron chi connectivity index (χ3n) is 3.61. The fraction of sp³-hybridized carbons (Fsp3) is 1.00. The molecule has 2 heteroatoms. The second-order valence-electron chi connectivity index (χ2n) is 4.56. The number of rotatable bonds is 2. The van der Waals surface area contributed by atoms with Crippen LogP contribution in [0.25, 0.3) is 0 Å². The number of hydrogen-bond acceptors (Lipinski definition) is 2. The zero-order chi connectivity index (χ0) is 9.97. The molecule has 2 heterocycles. The van der Waals surface area contributed by atoms with Crippen molar-refractivity contribution in [1.29, 1.82) is 0 Å². The summed E-state index contributed by atoms with van der Waals surface area (Å²) in [6.07, 6.45) is 8.90. The van der Waals surface area contributed by atoms with E-state index in [0.29, 0.717) is 24.4 Å². The van der Waals surface area contributed by atoms with Gasteiger partial charge in [-0.25, -0.2) is 0 Å². The summed E-state index contributed by atoms with van der Waals surface area (Å²) in [4.78, 5) is 0. The average molecular weight is 198 g/mol. The van der Waals surface area contributed by atoms with Gasteiger partial charge >= 0.3 is 0 Å². The first-order valence-corrected chi connectivity index (χ1v) is 6.14. The number of ether oxygens (including phenoxy) is 2. The van der Waals surface area contributed by atoms with Gasteiger partial charge < -0.3 is 9.47 Å². The Morgan fingerprint density at radius 1 is 0.786 bits per heavy atom. The maximum Gasteiger partial charge on any atom is 0.0841 e. The topological polar surface area (TPSA) is 18.5 Å². The Morgan fingerprint density at radius 2 is 1.21 bits per heavy atom. The van der Waals surface area contributed by atoms with Crippen LogP contribution in [0.3, 0.4) is 0 Å². The predicted octanol–water partition coefficient (Wildman–Crippen LogP) is 2.90. The molecule has 0 aromatic heterocycles. The van der Waals surface area contributed by atoms with Gasteiger partial charge in [-0.3, -0.25) is 0 Å². The first-order chi connectivity index (χ1) is 6.83. The molecule has 2 rings (SSSR count). The van der Waals surface area contributed by atoms with Crippen molar-refractivity contribution in [2.75, 3.05) is 0 Å². The summed E-state index contributed by atoms with van der Waals surface area (Å²) < 4.78 is 12.0. The smallest absolute Gasteiger partial charge is 0.0841 e. The molecule has 0 saturated carbocycles. The van der Waals surface area contributed by atoms with Gasteiger partial charge in [-0.15, -0.1) is 0 Å². The summed E-state index contributed by atoms with van der Waals surface area (Å²) in [5, 5.41) is 0. The van der Waals surface area contributed by atoms with E-state index in [4.69, 9.17) is 9.47 Å². The third kappa shape index (κ3) is 2.12. The largest absolute Gasteiger partial charge is 0.372 e. The van der Waals surface area contributed by atoms with Crippen LogP contribution in [0.4, 0.5) is 0 Å². The van der Waals surface area contributed by atoms with Gasteiger partial charge in [0.2, 0.25) is 0 Å². The Kier molecular flexibility index (Phi) is 3.45. The molecule has 2 saturated heterocycles. The molecule has 2 fully saturated rings. The highest BCUT2D eigenvalue weighted by Crippen LogP contribution is 2.32. The summed E-state index contributed by atoms with van der Waals surface area (Å²) in [5.41, 5.74) is 0. The van der Waals surface area contributed by atoms with Crippen LogP contribution in [0.2, 0.25) is 0 Å². The molecule has 0 bridgehead atoms. The Bertz CT molecular complexity index is 161. The van der Waals surface area contributed by atoms with Crippen molar-refractivity contribution in [2.45, 2.75) is 76.8 Å². The highest BCUT2D eigenvalue weighted by atomic mass is 16.6. The van der Waals surface area contributed by atoms with Crippen molar-refractivity contribution in [3.05, 3.63) is 0 Å². The van der Waals surface area contributed by atoms with Crippen LogP contribution in [-0.2, 0) is 9.47 Å². The standard InChI is InChI=1S/C12H22O2/c1-3-9-5-7-12-11(13-9)8-6-10(4-2)14-12/h9-12H,3-8H2,1-2H3/t9-,10+,11?,12?. The predicted molar refractivity (Wildman–Crippen MR) is 56.4 cm³/mol. The monoisotopic (exact) mass is 198 g/mol. The second kappa shape index (κ2) is 4.63. The highest BCUT2D eigenvalue weighted by Gasteiger charge is 2.35. The quantitative estimate of drug-likeness (QED) is 0.679. The van der Waals surface area contributed by atoms with Crippen LogP contribution in [0, 0.1) is 0 Å². The van der Waals surface area contributed by atoms with Crippen LogP contribution in [0.5, 0.6) is 0 Å². The lowest BCUT2D eigenvalue weighted by Crippen LogP contribution is -2.45. The zero-order valence-electron chi connectivity index (χ0n) is 9.37. The molecule has 82 valence electrons. The van der Waals surface area contributed by atoms with Gasteiger partial charge in [0.15, 0.2) is 0 Å². The molecule has 0 amide bonds. The van der Waals surface area contributed by atoms with Gasteiger partial charge in [0.1, 0.15) is 0 Å². The molecule has 0 aromatic carbocycles. The van der Waals surface area contributed by atoms with Gasteiger partial charge in [-0.2, -0.15) is 0 Å². The van der Waals surface area contributed by atoms with E-state index in [9.17, 15) is 0 Å². The lowest BCUT2D eigenvalue weighted by molar-refractivity contribution is -0.187. The molecule has 0 N–H and O–H groups in total. The molecule has 0 aromatic rings. The summed E-state index contributed by atoms with van der Waals surface area (Å²) in [7, 11) is 0. The van der Waals surface area contributed by atoms with Gasteiger partial charge in [-0.05, 0) is 38.5 Å². The molecular formula is C12H22O2. The van der Waals surface area contributed by atoms with E-state index in [1.165, 1.54) is 25.7 Å². The molecule has 2 aliphatic heterocycles. The minimum absolute atomic E-state index is 0.400. The molecule has 2 unspecified atom stereocenters. The summed E-state index contributed by atoms with van der Waals surface area (Å²) in [6, 6.07) is 0. The minimum atomic E-state index is 0.400. The van der Waals surface area contributed by atoms with E-state index in [-0.39, 0.29) is 0 Å². The normalized spacial score (nSPS) is 43.3. The van der Waals surface area contributed by atoms with Crippen molar-refractivity contribution in [1.82, 2.24) is 0 Å². The van der Waals surface area contributed by atoms with Crippen molar-refractivity contribution in [2.24, 2.45) is 0 Å². The van der Waals surface area contributed by atoms with E-state index in [2.05, 4.69) is 13.8 Å². The molecule has 2 nitrogen and oxygen atoms in total.